The van der Waals surface area contributed by atoms with E-state index in [-0.39, 0.29) is 24.4 Å². The van der Waals surface area contributed by atoms with Crippen LogP contribution in [0.2, 0.25) is 0 Å². The van der Waals surface area contributed by atoms with E-state index in [2.05, 4.69) is 48.3 Å². The molecule has 34 heavy (non-hydrogen) atoms. The highest BCUT2D eigenvalue weighted by Gasteiger charge is 2.35. The average molecular weight is 472 g/mol. The van der Waals surface area contributed by atoms with E-state index in [1.54, 1.807) is 4.90 Å². The Labute approximate surface area is 204 Å². The molecule has 0 atom stereocenters. The van der Waals surface area contributed by atoms with Gasteiger partial charge in [0.1, 0.15) is 6.54 Å². The van der Waals surface area contributed by atoms with Crippen LogP contribution in [0.25, 0.3) is 10.9 Å². The van der Waals surface area contributed by atoms with Gasteiger partial charge >= 0.3 is 0 Å². The van der Waals surface area contributed by atoms with Gasteiger partial charge in [-0.05, 0) is 54.8 Å². The summed E-state index contributed by atoms with van der Waals surface area (Å²) in [5.74, 6) is -0.0324. The van der Waals surface area contributed by atoms with Crippen LogP contribution in [0.3, 0.4) is 0 Å². The molecule has 1 fully saturated rings. The fourth-order valence-corrected chi connectivity index (χ4v) is 5.02. The van der Waals surface area contributed by atoms with Gasteiger partial charge in [-0.2, -0.15) is 0 Å². The number of H-pyrrole nitrogens is 1. The van der Waals surface area contributed by atoms with E-state index in [0.717, 1.165) is 30.3 Å². The van der Waals surface area contributed by atoms with Crippen molar-refractivity contribution < 1.29 is 9.59 Å². The van der Waals surface area contributed by atoms with E-state index in [0.29, 0.717) is 18.0 Å². The van der Waals surface area contributed by atoms with Crippen molar-refractivity contribution in [2.75, 3.05) is 13.1 Å². The Morgan fingerprint density at radius 3 is 2.56 bits per heavy atom. The van der Waals surface area contributed by atoms with Crippen molar-refractivity contribution >= 4 is 34.1 Å². The summed E-state index contributed by atoms with van der Waals surface area (Å²) in [7, 11) is 0. The predicted octanol–water partition coefficient (Wildman–Crippen LogP) is 5.41. The monoisotopic (exact) mass is 471 g/mol. The molecule has 6 heteroatoms. The molecular formula is C28H29N3O2S. The highest BCUT2D eigenvalue weighted by Crippen LogP contribution is 2.29. The molecule has 1 saturated carbocycles. The first-order valence-corrected chi connectivity index (χ1v) is 12.7. The van der Waals surface area contributed by atoms with Crippen molar-refractivity contribution in [2.24, 2.45) is 0 Å². The smallest absolute Gasteiger partial charge is 0.264 e. The lowest BCUT2D eigenvalue weighted by atomic mass is 10.1. The number of amides is 2. The molecule has 2 aromatic heterocycles. The maximum atomic E-state index is 13.6. The van der Waals surface area contributed by atoms with Gasteiger partial charge in [-0.1, -0.05) is 54.1 Å². The highest BCUT2D eigenvalue weighted by atomic mass is 32.1. The second-order valence-electron chi connectivity index (χ2n) is 9.05. The Kier molecular flexibility index (Phi) is 6.50. The molecule has 2 amide bonds. The molecule has 174 valence electrons. The van der Waals surface area contributed by atoms with Crippen LogP contribution >= 0.6 is 11.3 Å². The van der Waals surface area contributed by atoms with Crippen molar-refractivity contribution in [3.8, 4) is 0 Å². The molecule has 4 aromatic rings. The zero-order valence-electron chi connectivity index (χ0n) is 19.4. The minimum atomic E-state index is -0.0298. The standard InChI is InChI=1S/C28H29N3O2S/c1-20-8-10-21(11-9-20)18-30(15-14-22-17-29-25-6-3-2-5-24(22)25)27(32)19-31(23-12-13-23)28(33)26-7-4-16-34-26/h2-11,16-17,23,29H,12-15,18-19H2,1H3. The summed E-state index contributed by atoms with van der Waals surface area (Å²) in [4.78, 5) is 34.4. The molecule has 0 unspecified atom stereocenters. The molecule has 1 aliphatic carbocycles. The third-order valence-corrected chi connectivity index (χ3v) is 7.32. The Morgan fingerprint density at radius 2 is 1.82 bits per heavy atom. The maximum Gasteiger partial charge on any atom is 0.264 e. The Balaban J connectivity index is 1.34. The number of aromatic amines is 1. The normalized spacial score (nSPS) is 13.2. The number of hydrogen-bond donors (Lipinski definition) is 1. The Bertz CT molecular complexity index is 1270. The third-order valence-electron chi connectivity index (χ3n) is 6.46. The average Bonchev–Trinajstić information content (AvgIpc) is 3.37. The first-order chi connectivity index (χ1) is 16.6. The summed E-state index contributed by atoms with van der Waals surface area (Å²) in [6.07, 6.45) is 4.73. The second-order valence-corrected chi connectivity index (χ2v) is 10.00. The molecule has 1 N–H and O–H groups in total. The number of hydrogen-bond acceptors (Lipinski definition) is 3. The molecule has 0 aliphatic heterocycles. The van der Waals surface area contributed by atoms with Crippen molar-refractivity contribution in [1.29, 1.82) is 0 Å². The molecule has 0 spiro atoms. The predicted molar refractivity (Wildman–Crippen MR) is 137 cm³/mol. The van der Waals surface area contributed by atoms with Crippen LogP contribution in [0, 0.1) is 6.92 Å². The Hall–Kier alpha value is -3.38. The van der Waals surface area contributed by atoms with Gasteiger partial charge in [0.2, 0.25) is 5.91 Å². The number of aryl methyl sites for hydroxylation is 1. The number of carbonyl (C=O) groups is 2. The van der Waals surface area contributed by atoms with E-state index in [1.807, 2.05) is 40.7 Å². The largest absolute Gasteiger partial charge is 0.361 e. The van der Waals surface area contributed by atoms with Gasteiger partial charge in [0.05, 0.1) is 4.88 Å². The number of carbonyl (C=O) groups excluding carboxylic acids is 2. The van der Waals surface area contributed by atoms with Crippen molar-refractivity contribution in [3.63, 3.8) is 0 Å². The van der Waals surface area contributed by atoms with Gasteiger partial charge in [-0.25, -0.2) is 0 Å². The molecule has 1 aliphatic rings. The van der Waals surface area contributed by atoms with Crippen LogP contribution in [0.1, 0.15) is 39.2 Å². The summed E-state index contributed by atoms with van der Waals surface area (Å²) < 4.78 is 0. The number of fused-ring (bicyclic) bond motifs is 1. The fraction of sp³-hybridized carbons (Fsp3) is 0.286. The molecule has 2 heterocycles. The summed E-state index contributed by atoms with van der Waals surface area (Å²) in [6.45, 7) is 3.32. The van der Waals surface area contributed by atoms with Gasteiger partial charge < -0.3 is 14.8 Å². The van der Waals surface area contributed by atoms with Crippen LogP contribution in [0.5, 0.6) is 0 Å². The lowest BCUT2D eigenvalue weighted by Gasteiger charge is -2.28. The Morgan fingerprint density at radius 1 is 1.03 bits per heavy atom. The van der Waals surface area contributed by atoms with Crippen LogP contribution in [0.15, 0.2) is 72.2 Å². The molecule has 2 aromatic carbocycles. The number of rotatable bonds is 9. The molecule has 0 radical (unpaired) electrons. The van der Waals surface area contributed by atoms with Crippen LogP contribution in [-0.4, -0.2) is 45.7 Å². The van der Waals surface area contributed by atoms with Gasteiger partial charge in [-0.15, -0.1) is 11.3 Å². The van der Waals surface area contributed by atoms with Crippen LogP contribution in [-0.2, 0) is 17.8 Å². The lowest BCUT2D eigenvalue weighted by Crippen LogP contribution is -2.44. The summed E-state index contributed by atoms with van der Waals surface area (Å²) in [5, 5.41) is 3.10. The van der Waals surface area contributed by atoms with Crippen molar-refractivity contribution in [3.05, 3.63) is 93.8 Å². The summed E-state index contributed by atoms with van der Waals surface area (Å²) in [5.41, 5.74) is 4.60. The van der Waals surface area contributed by atoms with Crippen molar-refractivity contribution in [2.45, 2.75) is 38.8 Å². The van der Waals surface area contributed by atoms with Crippen LogP contribution in [0.4, 0.5) is 0 Å². The van der Waals surface area contributed by atoms with Crippen molar-refractivity contribution in [1.82, 2.24) is 14.8 Å². The number of benzene rings is 2. The van der Waals surface area contributed by atoms with E-state index >= 15 is 0 Å². The van der Waals surface area contributed by atoms with Gasteiger partial charge in [-0.3, -0.25) is 9.59 Å². The molecule has 0 bridgehead atoms. The second kappa shape index (κ2) is 9.85. The quantitative estimate of drug-likeness (QED) is 0.355. The SMILES string of the molecule is Cc1ccc(CN(CCc2c[nH]c3ccccc23)C(=O)CN(C(=O)c2cccs2)C2CC2)cc1. The summed E-state index contributed by atoms with van der Waals surface area (Å²) >= 11 is 1.43. The molecule has 5 rings (SSSR count). The lowest BCUT2D eigenvalue weighted by molar-refractivity contribution is -0.132. The van der Waals surface area contributed by atoms with E-state index < -0.39 is 0 Å². The topological polar surface area (TPSA) is 56.4 Å². The minimum absolute atomic E-state index is 0.00257. The molecule has 5 nitrogen and oxygen atoms in total. The van der Waals surface area contributed by atoms with Gasteiger partial charge in [0.25, 0.3) is 5.91 Å². The van der Waals surface area contributed by atoms with E-state index in [1.165, 1.54) is 27.8 Å². The summed E-state index contributed by atoms with van der Waals surface area (Å²) in [6, 6.07) is 20.5. The first-order valence-electron chi connectivity index (χ1n) is 11.8. The fourth-order valence-electron chi connectivity index (χ4n) is 4.34. The zero-order chi connectivity index (χ0) is 23.5. The maximum absolute atomic E-state index is 13.6. The minimum Gasteiger partial charge on any atom is -0.361 e. The number of nitrogens with zero attached hydrogens (tertiary/aromatic N) is 2. The number of para-hydroxylation sites is 1. The van der Waals surface area contributed by atoms with E-state index in [4.69, 9.17) is 0 Å². The zero-order valence-corrected chi connectivity index (χ0v) is 20.2. The molecular weight excluding hydrogens is 442 g/mol. The number of aromatic nitrogens is 1. The van der Waals surface area contributed by atoms with E-state index in [9.17, 15) is 9.59 Å². The third kappa shape index (κ3) is 5.07. The molecule has 0 saturated heterocycles. The van der Waals surface area contributed by atoms with Gasteiger partial charge in [0, 0.05) is 36.2 Å². The van der Waals surface area contributed by atoms with Gasteiger partial charge in [0.15, 0.2) is 0 Å². The van der Waals surface area contributed by atoms with Crippen LogP contribution < -0.4 is 0 Å². The number of nitrogens with one attached hydrogen (secondary N) is 1. The first kappa shape index (κ1) is 22.4. The number of thiophene rings is 1. The highest BCUT2D eigenvalue weighted by molar-refractivity contribution is 7.12.